The SMILES string of the molecule is COc1cccc(OC)c1-n1c(CS(=O)(=O)[C@@H](C)[C@@H](C)c2ncc(F)cn2)nnc1-c1cncc(C)c1.COc1cccc(OC)c1-n1c(CS(=O)(=O)[C@@H](C)[C@H](C)c2ncc(F)cn2)nnc1-c1cncc(C)c1.COc1cccc(OC)c1-n1c(CS(=O)(=O)[C@H](C)[C@@H](C)c2ncc(F)cn2)nnc1-c1cncc(C)c1.COc1cccc(OC)c1-n1c(CS(=O)(=O)[C@H](C)[C@H](C)c2ncc(F)cn2)nnc1-c1cncc(C)c1. The molecule has 0 aliphatic carbocycles. The average Bonchev–Trinajstić information content (AvgIpc) is 1.61. The number of halogens is 4. The van der Waals surface area contributed by atoms with E-state index in [4.69, 9.17) is 37.9 Å². The van der Waals surface area contributed by atoms with Gasteiger partial charge in [-0.2, -0.15) is 0 Å². The fourth-order valence-electron chi connectivity index (χ4n) is 15.8. The summed E-state index contributed by atoms with van der Waals surface area (Å²) < 4.78 is 213. The quantitative estimate of drug-likeness (QED) is 0.0329. The van der Waals surface area contributed by atoms with Crippen molar-refractivity contribution in [2.45, 2.75) is 151 Å². The van der Waals surface area contributed by atoms with E-state index in [1.165, 1.54) is 56.9 Å². The first-order valence-electron chi connectivity index (χ1n) is 45.7. The van der Waals surface area contributed by atoms with Crippen LogP contribution >= 0.6 is 0 Å². The number of aryl methyl sites for hydroxylation is 4. The smallest absolute Gasteiger partial charge is 0.170 e. The second kappa shape index (κ2) is 47.6. The molecular formula is C100H108F4N24O16S4. The van der Waals surface area contributed by atoms with Crippen molar-refractivity contribution >= 4 is 39.3 Å². The topological polar surface area (TPSA) is 488 Å². The van der Waals surface area contributed by atoms with E-state index in [2.05, 4.69) is 101 Å². The summed E-state index contributed by atoms with van der Waals surface area (Å²) >= 11 is 0. The molecule has 12 aromatic heterocycles. The van der Waals surface area contributed by atoms with Crippen molar-refractivity contribution in [2.24, 2.45) is 0 Å². The lowest BCUT2D eigenvalue weighted by Crippen LogP contribution is -2.27. The molecule has 4 aromatic carbocycles. The van der Waals surface area contributed by atoms with Gasteiger partial charge in [-0.05, 0) is 150 Å². The second-order valence-electron chi connectivity index (χ2n) is 34.4. The van der Waals surface area contributed by atoms with E-state index >= 15 is 0 Å². The molecule has 0 amide bonds. The van der Waals surface area contributed by atoms with Gasteiger partial charge < -0.3 is 37.9 Å². The summed E-state index contributed by atoms with van der Waals surface area (Å²) in [5.74, 6) is 0.178. The maximum absolute atomic E-state index is 13.6. The van der Waals surface area contributed by atoms with Crippen LogP contribution in [0.25, 0.3) is 68.3 Å². The van der Waals surface area contributed by atoms with E-state index in [0.29, 0.717) is 114 Å². The molecule has 0 unspecified atom stereocenters. The third-order valence-electron chi connectivity index (χ3n) is 24.5. The van der Waals surface area contributed by atoms with Crippen LogP contribution < -0.4 is 37.9 Å². The molecule has 0 aliphatic heterocycles. The van der Waals surface area contributed by atoms with Gasteiger partial charge in [0.25, 0.3) is 0 Å². The molecule has 776 valence electrons. The Morgan fingerprint density at radius 1 is 0.250 bits per heavy atom. The number of hydrogen-bond donors (Lipinski definition) is 0. The molecular weight excluding hydrogens is 2000 g/mol. The van der Waals surface area contributed by atoms with E-state index in [1.54, 1.807) is 196 Å². The molecule has 40 nitrogen and oxygen atoms in total. The van der Waals surface area contributed by atoms with Crippen LogP contribution in [-0.2, 0) is 62.4 Å². The normalized spacial score (nSPS) is 13.2. The highest BCUT2D eigenvalue weighted by Crippen LogP contribution is 2.44. The zero-order valence-electron chi connectivity index (χ0n) is 84.3. The molecule has 0 bridgehead atoms. The number of sulfone groups is 4. The number of hydrogen-bond acceptors (Lipinski definition) is 36. The van der Waals surface area contributed by atoms with Gasteiger partial charge in [0.2, 0.25) is 0 Å². The number of ether oxygens (including phenoxy) is 8. The van der Waals surface area contributed by atoms with Crippen molar-refractivity contribution < 1.29 is 89.1 Å². The van der Waals surface area contributed by atoms with Gasteiger partial charge in [0.05, 0.1) is 127 Å². The monoisotopic (exact) mass is 2100 g/mol. The Labute approximate surface area is 852 Å². The Morgan fingerprint density at radius 3 is 0.561 bits per heavy atom. The minimum Gasteiger partial charge on any atom is -0.494 e. The molecule has 0 saturated heterocycles. The van der Waals surface area contributed by atoms with Crippen molar-refractivity contribution in [1.29, 1.82) is 0 Å². The third kappa shape index (κ3) is 24.8. The highest BCUT2D eigenvalue weighted by Gasteiger charge is 2.40. The van der Waals surface area contributed by atoms with Gasteiger partial charge in [0.15, 0.2) is 109 Å². The molecule has 0 N–H and O–H groups in total. The van der Waals surface area contributed by atoms with Crippen LogP contribution in [0.5, 0.6) is 46.0 Å². The maximum Gasteiger partial charge on any atom is 0.170 e. The second-order valence-corrected chi connectivity index (χ2v) is 43.8. The minimum atomic E-state index is -3.81. The Kier molecular flexibility index (Phi) is 35.2. The number of para-hydroxylation sites is 4. The van der Waals surface area contributed by atoms with Crippen LogP contribution in [0.2, 0.25) is 0 Å². The minimum absolute atomic E-state index is 0.165. The summed E-state index contributed by atoms with van der Waals surface area (Å²) in [6.45, 7) is 20.6. The van der Waals surface area contributed by atoms with Crippen LogP contribution in [0, 0.1) is 51.0 Å². The zero-order chi connectivity index (χ0) is 107. The standard InChI is InChI=1S/4C25H27FN6O4S/c4*1-15-9-18(11-27-10-15)25-31-30-22(32(25)23-20(35-4)7-6-8-21(23)36-5)14-37(33,34)17(3)16(2)24-28-12-19(26)13-29-24/h4*6-13,16-17H,14H2,1-5H3/t2*16-,17+;2*16-,17-/m1010/s1. The molecule has 0 fully saturated rings. The highest BCUT2D eigenvalue weighted by atomic mass is 32.2. The number of methoxy groups -OCH3 is 8. The van der Waals surface area contributed by atoms with Crippen molar-refractivity contribution in [3.05, 3.63) is 288 Å². The Morgan fingerprint density at radius 2 is 0.412 bits per heavy atom. The molecule has 12 heterocycles. The van der Waals surface area contributed by atoms with E-state index in [9.17, 15) is 51.2 Å². The van der Waals surface area contributed by atoms with Crippen LogP contribution in [-0.4, -0.2) is 230 Å². The lowest BCUT2D eigenvalue weighted by molar-refractivity contribution is 0.390. The zero-order valence-corrected chi connectivity index (χ0v) is 87.6. The van der Waals surface area contributed by atoms with E-state index < -0.39 is 130 Å². The number of rotatable bonds is 36. The van der Waals surface area contributed by atoms with Gasteiger partial charge in [-0.3, -0.25) is 38.2 Å². The Balaban J connectivity index is 0.000000165. The van der Waals surface area contributed by atoms with Crippen LogP contribution in [0.4, 0.5) is 17.6 Å². The maximum atomic E-state index is 13.6. The van der Waals surface area contributed by atoms with E-state index in [1.807, 2.05) is 52.0 Å². The van der Waals surface area contributed by atoms with Gasteiger partial charge in [-0.25, -0.2) is 91.1 Å². The predicted octanol–water partition coefficient (Wildman–Crippen LogP) is 14.8. The molecule has 0 saturated carbocycles. The first-order chi connectivity index (χ1) is 70.6. The average molecular weight is 2110 g/mol. The van der Waals surface area contributed by atoms with Gasteiger partial charge in [-0.15, -0.1) is 40.8 Å². The molecule has 16 aromatic rings. The fourth-order valence-corrected chi connectivity index (χ4v) is 22.0. The molecule has 8 atom stereocenters. The van der Waals surface area contributed by atoms with Gasteiger partial charge in [-0.1, -0.05) is 52.0 Å². The van der Waals surface area contributed by atoms with Crippen molar-refractivity contribution in [2.75, 3.05) is 56.9 Å². The van der Waals surface area contributed by atoms with Gasteiger partial charge in [0.1, 0.15) is 115 Å². The number of pyridine rings is 4. The largest absolute Gasteiger partial charge is 0.494 e. The van der Waals surface area contributed by atoms with Crippen molar-refractivity contribution in [3.63, 3.8) is 0 Å². The highest BCUT2D eigenvalue weighted by molar-refractivity contribution is 7.92. The lowest BCUT2D eigenvalue weighted by Gasteiger charge is -2.20. The Bertz CT molecular complexity index is 6860. The summed E-state index contributed by atoms with van der Waals surface area (Å²) in [5, 5.41) is 30.9. The molecule has 0 aliphatic rings. The van der Waals surface area contributed by atoms with Gasteiger partial charge in [0, 0.05) is 95.5 Å². The van der Waals surface area contributed by atoms with Crippen molar-refractivity contribution in [3.8, 4) is 114 Å². The summed E-state index contributed by atoms with van der Waals surface area (Å²) in [7, 11) is -3.14. The summed E-state index contributed by atoms with van der Waals surface area (Å²) in [5.41, 5.74) is 8.01. The first-order valence-corrected chi connectivity index (χ1v) is 52.6. The number of aromatic nitrogens is 24. The van der Waals surface area contributed by atoms with E-state index in [0.717, 1.165) is 71.8 Å². The number of nitrogens with zero attached hydrogens (tertiary/aromatic N) is 24. The summed E-state index contributed by atoms with van der Waals surface area (Å²) in [4.78, 5) is 48.7. The fraction of sp³-hybridized carbons (Fsp3) is 0.320. The first kappa shape index (κ1) is 110. The molecule has 48 heteroatoms. The summed E-state index contributed by atoms with van der Waals surface area (Å²) in [6.07, 6.45) is 21.5. The lowest BCUT2D eigenvalue weighted by atomic mass is 10.1. The molecule has 0 radical (unpaired) electrons. The summed E-state index contributed by atoms with van der Waals surface area (Å²) in [6, 6.07) is 28.5. The third-order valence-corrected chi connectivity index (χ3v) is 33.4. The van der Waals surface area contributed by atoms with Crippen LogP contribution in [0.15, 0.2) is 196 Å². The predicted molar refractivity (Wildman–Crippen MR) is 540 cm³/mol. The molecule has 0 spiro atoms. The Hall–Kier alpha value is -15.7. The van der Waals surface area contributed by atoms with Crippen LogP contribution in [0.3, 0.4) is 0 Å². The van der Waals surface area contributed by atoms with Crippen LogP contribution in [0.1, 0.15) is 148 Å². The molecule has 148 heavy (non-hydrogen) atoms. The van der Waals surface area contributed by atoms with E-state index in [-0.39, 0.29) is 46.6 Å². The molecule has 16 rings (SSSR count). The van der Waals surface area contributed by atoms with Crippen molar-refractivity contribution in [1.82, 2.24) is 119 Å². The number of benzene rings is 4. The van der Waals surface area contributed by atoms with Gasteiger partial charge >= 0.3 is 0 Å².